The van der Waals surface area contributed by atoms with Crippen LogP contribution in [0.1, 0.15) is 64.4 Å². The van der Waals surface area contributed by atoms with Gasteiger partial charge in [0.2, 0.25) is 5.91 Å². The van der Waals surface area contributed by atoms with E-state index in [1.807, 2.05) is 11.8 Å². The SMILES string of the molecule is CCNC(=NCc1ccc(OC2CCCCC2)cc1)NC1CCN(C(=O)CC)C1. The van der Waals surface area contributed by atoms with Gasteiger partial charge in [0.25, 0.3) is 0 Å². The van der Waals surface area contributed by atoms with Gasteiger partial charge in [0, 0.05) is 32.1 Å². The van der Waals surface area contributed by atoms with Crippen molar-refractivity contribution in [3.05, 3.63) is 29.8 Å². The number of carbonyl (C=O) groups is 1. The second-order valence-corrected chi connectivity index (χ2v) is 8.04. The molecule has 29 heavy (non-hydrogen) atoms. The molecular weight excluding hydrogens is 364 g/mol. The van der Waals surface area contributed by atoms with Gasteiger partial charge in [-0.2, -0.15) is 0 Å². The molecule has 6 nitrogen and oxygen atoms in total. The van der Waals surface area contributed by atoms with Gasteiger partial charge in [0.05, 0.1) is 12.6 Å². The van der Waals surface area contributed by atoms with Gasteiger partial charge in [0.1, 0.15) is 5.75 Å². The van der Waals surface area contributed by atoms with Gasteiger partial charge in [-0.05, 0) is 56.7 Å². The number of ether oxygens (including phenoxy) is 1. The fraction of sp³-hybridized carbons (Fsp3) is 0.652. The van der Waals surface area contributed by atoms with Gasteiger partial charge >= 0.3 is 0 Å². The number of guanidine groups is 1. The van der Waals surface area contributed by atoms with E-state index in [2.05, 4.69) is 41.8 Å². The number of hydrogen-bond acceptors (Lipinski definition) is 3. The predicted molar refractivity (Wildman–Crippen MR) is 117 cm³/mol. The molecule has 1 aliphatic carbocycles. The van der Waals surface area contributed by atoms with Crippen molar-refractivity contribution in [1.82, 2.24) is 15.5 Å². The highest BCUT2D eigenvalue weighted by Crippen LogP contribution is 2.23. The minimum atomic E-state index is 0.228. The Labute approximate surface area is 175 Å². The van der Waals surface area contributed by atoms with Gasteiger partial charge in [-0.3, -0.25) is 4.79 Å². The van der Waals surface area contributed by atoms with Crippen LogP contribution in [0.4, 0.5) is 0 Å². The van der Waals surface area contributed by atoms with Crippen molar-refractivity contribution in [3.8, 4) is 5.75 Å². The minimum Gasteiger partial charge on any atom is -0.490 e. The molecule has 6 heteroatoms. The Morgan fingerprint density at radius 3 is 2.59 bits per heavy atom. The second-order valence-electron chi connectivity index (χ2n) is 8.04. The fourth-order valence-corrected chi connectivity index (χ4v) is 4.06. The number of amides is 1. The van der Waals surface area contributed by atoms with Crippen LogP contribution in [0.15, 0.2) is 29.3 Å². The Bertz CT molecular complexity index is 668. The molecule has 0 radical (unpaired) electrons. The van der Waals surface area contributed by atoms with Crippen molar-refractivity contribution in [2.45, 2.75) is 77.5 Å². The standard InChI is InChI=1S/C23H36N4O2/c1-3-22(28)27-15-14-19(17-27)26-23(24-4-2)25-16-18-10-12-21(13-11-18)29-20-8-6-5-7-9-20/h10-13,19-20H,3-9,14-17H2,1-2H3,(H2,24,25,26). The molecule has 1 aromatic carbocycles. The molecule has 1 unspecified atom stereocenters. The lowest BCUT2D eigenvalue weighted by Crippen LogP contribution is -2.45. The summed E-state index contributed by atoms with van der Waals surface area (Å²) in [4.78, 5) is 18.5. The third-order valence-corrected chi connectivity index (χ3v) is 5.73. The number of nitrogens with one attached hydrogen (secondary N) is 2. The highest BCUT2D eigenvalue weighted by atomic mass is 16.5. The van der Waals surface area contributed by atoms with Crippen LogP contribution >= 0.6 is 0 Å². The molecule has 0 spiro atoms. The zero-order valence-corrected chi connectivity index (χ0v) is 18.0. The Balaban J connectivity index is 1.51. The minimum absolute atomic E-state index is 0.228. The summed E-state index contributed by atoms with van der Waals surface area (Å²) in [6, 6.07) is 8.58. The van der Waals surface area contributed by atoms with E-state index in [1.54, 1.807) is 0 Å². The smallest absolute Gasteiger partial charge is 0.222 e. The van der Waals surface area contributed by atoms with E-state index in [-0.39, 0.29) is 11.9 Å². The highest BCUT2D eigenvalue weighted by Gasteiger charge is 2.25. The summed E-state index contributed by atoms with van der Waals surface area (Å²) in [7, 11) is 0. The fourth-order valence-electron chi connectivity index (χ4n) is 4.06. The molecule has 0 bridgehead atoms. The number of aliphatic imine (C=N–C) groups is 1. The Morgan fingerprint density at radius 1 is 1.14 bits per heavy atom. The maximum absolute atomic E-state index is 11.9. The van der Waals surface area contributed by atoms with Gasteiger partial charge < -0.3 is 20.3 Å². The summed E-state index contributed by atoms with van der Waals surface area (Å²) < 4.78 is 6.11. The predicted octanol–water partition coefficient (Wildman–Crippen LogP) is 3.46. The van der Waals surface area contributed by atoms with Crippen LogP contribution in [0.2, 0.25) is 0 Å². The third-order valence-electron chi connectivity index (χ3n) is 5.73. The van der Waals surface area contributed by atoms with E-state index in [4.69, 9.17) is 9.73 Å². The van der Waals surface area contributed by atoms with Crippen molar-refractivity contribution in [3.63, 3.8) is 0 Å². The average molecular weight is 401 g/mol. The van der Waals surface area contributed by atoms with Gasteiger partial charge in [-0.25, -0.2) is 4.99 Å². The zero-order valence-electron chi connectivity index (χ0n) is 18.0. The first kappa shape index (κ1) is 21.5. The zero-order chi connectivity index (χ0) is 20.5. The maximum atomic E-state index is 11.9. The van der Waals surface area contributed by atoms with Gasteiger partial charge in [-0.1, -0.05) is 25.5 Å². The molecule has 2 N–H and O–H groups in total. The van der Waals surface area contributed by atoms with Gasteiger partial charge in [-0.15, -0.1) is 0 Å². The van der Waals surface area contributed by atoms with E-state index in [1.165, 1.54) is 32.1 Å². The molecule has 1 heterocycles. The van der Waals surface area contributed by atoms with E-state index in [9.17, 15) is 4.79 Å². The highest BCUT2D eigenvalue weighted by molar-refractivity contribution is 5.80. The van der Waals surface area contributed by atoms with E-state index < -0.39 is 0 Å². The summed E-state index contributed by atoms with van der Waals surface area (Å²) in [6.07, 6.45) is 8.16. The van der Waals surface area contributed by atoms with E-state index in [0.29, 0.717) is 19.1 Å². The largest absolute Gasteiger partial charge is 0.490 e. The molecule has 1 amide bonds. The van der Waals surface area contributed by atoms with Crippen molar-refractivity contribution < 1.29 is 9.53 Å². The Kier molecular flexibility index (Phi) is 8.20. The third kappa shape index (κ3) is 6.65. The van der Waals surface area contributed by atoms with Crippen LogP contribution in [0.3, 0.4) is 0 Å². The summed E-state index contributed by atoms with van der Waals surface area (Å²) in [5, 5.41) is 6.80. The molecular formula is C23H36N4O2. The average Bonchev–Trinajstić information content (AvgIpc) is 3.22. The maximum Gasteiger partial charge on any atom is 0.222 e. The molecule has 1 saturated heterocycles. The second kappa shape index (κ2) is 11.1. The first-order valence-electron chi connectivity index (χ1n) is 11.3. The lowest BCUT2D eigenvalue weighted by molar-refractivity contribution is -0.129. The van der Waals surface area contributed by atoms with Crippen molar-refractivity contribution in [2.24, 2.45) is 4.99 Å². The van der Waals surface area contributed by atoms with Crippen LogP contribution in [-0.2, 0) is 11.3 Å². The molecule has 1 aromatic rings. The van der Waals surface area contributed by atoms with Crippen molar-refractivity contribution in [1.29, 1.82) is 0 Å². The molecule has 160 valence electrons. The van der Waals surface area contributed by atoms with Crippen LogP contribution in [0.5, 0.6) is 5.75 Å². The number of benzene rings is 1. The summed E-state index contributed by atoms with van der Waals surface area (Å²) in [5.41, 5.74) is 1.16. The lowest BCUT2D eigenvalue weighted by atomic mass is 9.98. The first-order valence-corrected chi connectivity index (χ1v) is 11.3. The number of hydrogen-bond donors (Lipinski definition) is 2. The Hall–Kier alpha value is -2.24. The van der Waals surface area contributed by atoms with E-state index in [0.717, 1.165) is 43.3 Å². The molecule has 2 fully saturated rings. The Morgan fingerprint density at radius 2 is 1.90 bits per heavy atom. The number of carbonyl (C=O) groups excluding carboxylic acids is 1. The normalized spacial score (nSPS) is 20.6. The van der Waals surface area contributed by atoms with Crippen LogP contribution in [-0.4, -0.2) is 48.5 Å². The number of rotatable bonds is 7. The summed E-state index contributed by atoms with van der Waals surface area (Å²) in [5.74, 6) is 2.00. The summed E-state index contributed by atoms with van der Waals surface area (Å²) >= 11 is 0. The molecule has 0 aromatic heterocycles. The van der Waals surface area contributed by atoms with Crippen molar-refractivity contribution in [2.75, 3.05) is 19.6 Å². The van der Waals surface area contributed by atoms with Crippen LogP contribution in [0, 0.1) is 0 Å². The molecule has 1 atom stereocenters. The number of likely N-dealkylation sites (tertiary alicyclic amines) is 1. The molecule has 3 rings (SSSR count). The van der Waals surface area contributed by atoms with E-state index >= 15 is 0 Å². The molecule has 1 saturated carbocycles. The van der Waals surface area contributed by atoms with Crippen molar-refractivity contribution >= 4 is 11.9 Å². The molecule has 1 aliphatic heterocycles. The van der Waals surface area contributed by atoms with Gasteiger partial charge in [0.15, 0.2) is 5.96 Å². The summed E-state index contributed by atoms with van der Waals surface area (Å²) in [6.45, 7) is 6.99. The number of nitrogens with zero attached hydrogens (tertiary/aromatic N) is 2. The van der Waals surface area contributed by atoms with Crippen LogP contribution in [0.25, 0.3) is 0 Å². The monoisotopic (exact) mass is 400 g/mol. The lowest BCUT2D eigenvalue weighted by Gasteiger charge is -2.23. The molecule has 2 aliphatic rings. The van der Waals surface area contributed by atoms with Crippen LogP contribution < -0.4 is 15.4 Å². The topological polar surface area (TPSA) is 66.0 Å². The quantitative estimate of drug-likeness (QED) is 0.543. The first-order chi connectivity index (χ1) is 14.2.